The predicted molar refractivity (Wildman–Crippen MR) is 88.9 cm³/mol. The van der Waals surface area contributed by atoms with E-state index in [4.69, 9.17) is 0 Å². The first-order valence-corrected chi connectivity index (χ1v) is 9.36. The van der Waals surface area contributed by atoms with Crippen molar-refractivity contribution < 1.29 is 13.2 Å². The number of benzene rings is 1. The summed E-state index contributed by atoms with van der Waals surface area (Å²) in [5, 5.41) is 0. The molecule has 1 amide bonds. The molecule has 0 bridgehead atoms. The molecule has 1 aliphatic heterocycles. The van der Waals surface area contributed by atoms with E-state index in [1.807, 2.05) is 31.2 Å². The Kier molecular flexibility index (Phi) is 4.15. The van der Waals surface area contributed by atoms with Gasteiger partial charge in [0, 0.05) is 12.6 Å². The Bertz CT molecular complexity index is 671. The molecule has 0 saturated carbocycles. The molecule has 1 saturated heterocycles. The van der Waals surface area contributed by atoms with E-state index in [0.29, 0.717) is 12.0 Å². The Labute approximate surface area is 133 Å². The number of hydrogen-bond donors (Lipinski definition) is 0. The van der Waals surface area contributed by atoms with Gasteiger partial charge >= 0.3 is 0 Å². The van der Waals surface area contributed by atoms with Crippen LogP contribution in [0.5, 0.6) is 0 Å². The van der Waals surface area contributed by atoms with Crippen molar-refractivity contribution in [1.29, 1.82) is 0 Å². The zero-order chi connectivity index (χ0) is 16.8. The number of rotatable bonds is 2. The largest absolute Gasteiger partial charge is 0.335 e. The van der Waals surface area contributed by atoms with Crippen LogP contribution in [0.15, 0.2) is 24.3 Å². The minimum atomic E-state index is -3.03. The number of carbonyl (C=O) groups is 1. The molecular weight excluding hydrogens is 298 g/mol. The van der Waals surface area contributed by atoms with Crippen LogP contribution in [0.25, 0.3) is 0 Å². The zero-order valence-corrected chi connectivity index (χ0v) is 14.8. The highest BCUT2D eigenvalue weighted by atomic mass is 32.2. The molecule has 4 nitrogen and oxygen atoms in total. The third-order valence-electron chi connectivity index (χ3n) is 4.59. The van der Waals surface area contributed by atoms with Gasteiger partial charge in [0.2, 0.25) is 0 Å². The van der Waals surface area contributed by atoms with Gasteiger partial charge in [-0.3, -0.25) is 4.79 Å². The Balaban J connectivity index is 2.21. The van der Waals surface area contributed by atoms with Crippen LogP contribution in [0.1, 0.15) is 50.0 Å². The van der Waals surface area contributed by atoms with E-state index < -0.39 is 15.4 Å². The minimum absolute atomic E-state index is 0.0407. The van der Waals surface area contributed by atoms with Crippen LogP contribution >= 0.6 is 0 Å². The third-order valence-corrected chi connectivity index (χ3v) is 6.48. The van der Waals surface area contributed by atoms with E-state index in [-0.39, 0.29) is 22.8 Å². The molecule has 22 heavy (non-hydrogen) atoms. The quantitative estimate of drug-likeness (QED) is 0.841. The van der Waals surface area contributed by atoms with Gasteiger partial charge in [-0.05, 0) is 36.5 Å². The first kappa shape index (κ1) is 17.0. The molecule has 1 aromatic carbocycles. The Morgan fingerprint density at radius 3 is 2.14 bits per heavy atom. The van der Waals surface area contributed by atoms with E-state index in [9.17, 15) is 13.2 Å². The summed E-state index contributed by atoms with van der Waals surface area (Å²) in [7, 11) is -1.34. The van der Waals surface area contributed by atoms with Gasteiger partial charge in [0.25, 0.3) is 5.91 Å². The SMILES string of the molecule is CN(C(=O)c1ccc(C(C)(C)C)cc1)[C@@]1(C)CCS(=O)(=O)C1. The Morgan fingerprint density at radius 1 is 1.18 bits per heavy atom. The lowest BCUT2D eigenvalue weighted by Crippen LogP contribution is -2.48. The molecule has 1 fully saturated rings. The Morgan fingerprint density at radius 2 is 1.73 bits per heavy atom. The van der Waals surface area contributed by atoms with Crippen LogP contribution in [0, 0.1) is 0 Å². The van der Waals surface area contributed by atoms with Gasteiger partial charge in [-0.2, -0.15) is 0 Å². The van der Waals surface area contributed by atoms with Gasteiger partial charge in [0.1, 0.15) is 0 Å². The van der Waals surface area contributed by atoms with Crippen molar-refractivity contribution in [3.8, 4) is 0 Å². The first-order chi connectivity index (χ1) is 9.95. The summed E-state index contributed by atoms with van der Waals surface area (Å²) in [6.07, 6.45) is 0.498. The lowest BCUT2D eigenvalue weighted by atomic mass is 9.86. The van der Waals surface area contributed by atoms with E-state index >= 15 is 0 Å². The molecule has 0 N–H and O–H groups in total. The van der Waals surface area contributed by atoms with Crippen molar-refractivity contribution in [3.63, 3.8) is 0 Å². The van der Waals surface area contributed by atoms with E-state index in [0.717, 1.165) is 0 Å². The smallest absolute Gasteiger partial charge is 0.254 e. The summed E-state index contributed by atoms with van der Waals surface area (Å²) in [6, 6.07) is 7.59. The minimum Gasteiger partial charge on any atom is -0.335 e. The summed E-state index contributed by atoms with van der Waals surface area (Å²) in [6.45, 7) is 8.22. The maximum atomic E-state index is 12.6. The van der Waals surface area contributed by atoms with Crippen LogP contribution in [0.2, 0.25) is 0 Å². The average molecular weight is 323 g/mol. The van der Waals surface area contributed by atoms with Crippen molar-refractivity contribution in [2.45, 2.75) is 45.1 Å². The second kappa shape index (κ2) is 5.37. The first-order valence-electron chi connectivity index (χ1n) is 7.54. The molecule has 1 aromatic rings. The molecule has 2 rings (SSSR count). The van der Waals surface area contributed by atoms with E-state index in [1.165, 1.54) is 5.56 Å². The number of nitrogens with zero attached hydrogens (tertiary/aromatic N) is 1. The number of amides is 1. The van der Waals surface area contributed by atoms with Gasteiger partial charge in [0.05, 0.1) is 17.0 Å². The van der Waals surface area contributed by atoms with Crippen LogP contribution in [0.4, 0.5) is 0 Å². The molecule has 5 heteroatoms. The molecule has 1 aliphatic rings. The van der Waals surface area contributed by atoms with E-state index in [1.54, 1.807) is 11.9 Å². The van der Waals surface area contributed by atoms with Crippen LogP contribution in [0.3, 0.4) is 0 Å². The van der Waals surface area contributed by atoms with Crippen LogP contribution in [-0.4, -0.2) is 43.3 Å². The lowest BCUT2D eigenvalue weighted by molar-refractivity contribution is 0.0638. The second-order valence-corrected chi connectivity index (χ2v) is 9.71. The maximum Gasteiger partial charge on any atom is 0.254 e. The zero-order valence-electron chi connectivity index (χ0n) is 14.0. The standard InChI is InChI=1S/C17H25NO3S/c1-16(2,3)14-8-6-13(7-9-14)15(19)18(5)17(4)10-11-22(20,21)12-17/h6-9H,10-12H2,1-5H3/t17-/m0/s1. The normalized spacial score (nSPS) is 24.2. The van der Waals surface area contributed by atoms with Crippen molar-refractivity contribution >= 4 is 15.7 Å². The van der Waals surface area contributed by atoms with Gasteiger partial charge in [0.15, 0.2) is 9.84 Å². The lowest BCUT2D eigenvalue weighted by Gasteiger charge is -2.34. The number of sulfone groups is 1. The van der Waals surface area contributed by atoms with Gasteiger partial charge in [-0.15, -0.1) is 0 Å². The molecule has 0 radical (unpaired) electrons. The summed E-state index contributed by atoms with van der Waals surface area (Å²) in [5.41, 5.74) is 1.19. The fraction of sp³-hybridized carbons (Fsp3) is 0.588. The van der Waals surface area contributed by atoms with Gasteiger partial charge < -0.3 is 4.90 Å². The summed E-state index contributed by atoms with van der Waals surface area (Å²) in [4.78, 5) is 14.2. The van der Waals surface area contributed by atoms with Crippen LogP contribution in [-0.2, 0) is 15.3 Å². The molecule has 1 atom stereocenters. The van der Waals surface area contributed by atoms with Crippen molar-refractivity contribution in [3.05, 3.63) is 35.4 Å². The van der Waals surface area contributed by atoms with Crippen molar-refractivity contribution in [2.75, 3.05) is 18.6 Å². The molecular formula is C17H25NO3S. The van der Waals surface area contributed by atoms with Crippen molar-refractivity contribution in [1.82, 2.24) is 4.90 Å². The summed E-state index contributed by atoms with van der Waals surface area (Å²) < 4.78 is 23.5. The molecule has 0 spiro atoms. The number of carbonyl (C=O) groups excluding carboxylic acids is 1. The van der Waals surface area contributed by atoms with Gasteiger partial charge in [-0.25, -0.2) is 8.42 Å². The molecule has 122 valence electrons. The second-order valence-electron chi connectivity index (χ2n) is 7.53. The highest BCUT2D eigenvalue weighted by molar-refractivity contribution is 7.91. The van der Waals surface area contributed by atoms with E-state index in [2.05, 4.69) is 20.8 Å². The maximum absolute atomic E-state index is 12.6. The highest BCUT2D eigenvalue weighted by Crippen LogP contribution is 2.30. The average Bonchev–Trinajstić information content (AvgIpc) is 2.71. The molecule has 0 aliphatic carbocycles. The molecule has 0 unspecified atom stereocenters. The van der Waals surface area contributed by atoms with Crippen LogP contribution < -0.4 is 0 Å². The monoisotopic (exact) mass is 323 g/mol. The fourth-order valence-electron chi connectivity index (χ4n) is 2.81. The van der Waals surface area contributed by atoms with Gasteiger partial charge in [-0.1, -0.05) is 32.9 Å². The molecule has 0 aromatic heterocycles. The summed E-state index contributed by atoms with van der Waals surface area (Å²) in [5.74, 6) is 0.0758. The molecule has 1 heterocycles. The fourth-order valence-corrected chi connectivity index (χ4v) is 4.99. The number of hydrogen-bond acceptors (Lipinski definition) is 3. The third kappa shape index (κ3) is 3.35. The highest BCUT2D eigenvalue weighted by Gasteiger charge is 2.43. The predicted octanol–water partition coefficient (Wildman–Crippen LogP) is 2.63. The Hall–Kier alpha value is -1.36. The topological polar surface area (TPSA) is 54.5 Å². The van der Waals surface area contributed by atoms with Crippen molar-refractivity contribution in [2.24, 2.45) is 0 Å². The summed E-state index contributed by atoms with van der Waals surface area (Å²) >= 11 is 0.